The van der Waals surface area contributed by atoms with Crippen LogP contribution in [-0.2, 0) is 19.3 Å². The molecule has 1 atom stereocenters. The summed E-state index contributed by atoms with van der Waals surface area (Å²) in [6.45, 7) is 3.97. The topological polar surface area (TPSA) is 154 Å². The number of hydrogen-bond acceptors (Lipinski definition) is 9. The zero-order valence-corrected chi connectivity index (χ0v) is 21.8. The molecule has 4 N–H and O–H groups in total. The van der Waals surface area contributed by atoms with Gasteiger partial charge in [-0.15, -0.1) is 0 Å². The Balaban J connectivity index is 1.65. The van der Waals surface area contributed by atoms with Gasteiger partial charge in [0.2, 0.25) is 0 Å². The van der Waals surface area contributed by atoms with Crippen LogP contribution in [-0.4, -0.2) is 85.9 Å². The third-order valence-electron chi connectivity index (χ3n) is 6.73. The summed E-state index contributed by atoms with van der Waals surface area (Å²) in [4.78, 5) is 23.7. The number of nitrogens with zero attached hydrogens (tertiary/aromatic N) is 3. The highest BCUT2D eigenvalue weighted by molar-refractivity contribution is 7.92. The molecule has 1 aliphatic carbocycles. The summed E-state index contributed by atoms with van der Waals surface area (Å²) in [5, 5.41) is 23.5. The van der Waals surface area contributed by atoms with Gasteiger partial charge in [0.25, 0.3) is 0 Å². The number of morpholine rings is 1. The maximum atomic E-state index is 13.3. The first-order valence-corrected chi connectivity index (χ1v) is 14.3. The van der Waals surface area contributed by atoms with Crippen molar-refractivity contribution in [2.45, 2.75) is 43.4 Å². The molecule has 0 unspecified atom stereocenters. The van der Waals surface area contributed by atoms with E-state index in [9.17, 15) is 18.3 Å². The highest BCUT2D eigenvalue weighted by Crippen LogP contribution is 2.53. The molecule has 4 rings (SSSR count). The Kier molecular flexibility index (Phi) is 8.63. The van der Waals surface area contributed by atoms with Crippen molar-refractivity contribution in [2.75, 3.05) is 55.5 Å². The van der Waals surface area contributed by atoms with Gasteiger partial charge < -0.3 is 30.5 Å². The molecule has 11 nitrogen and oxygen atoms in total. The number of benzene rings is 1. The van der Waals surface area contributed by atoms with Crippen molar-refractivity contribution in [3.63, 3.8) is 0 Å². The van der Waals surface area contributed by atoms with Crippen LogP contribution < -0.4 is 15.5 Å². The zero-order chi connectivity index (χ0) is 26.5. The number of aromatic nitrogens is 2. The number of hydrogen-bond donors (Lipinski definition) is 4. The van der Waals surface area contributed by atoms with Gasteiger partial charge in [-0.05, 0) is 56.9 Å². The number of carbonyl (C=O) groups is 1. The van der Waals surface area contributed by atoms with Crippen LogP contribution in [0.1, 0.15) is 38.3 Å². The van der Waals surface area contributed by atoms with Crippen molar-refractivity contribution in [3.05, 3.63) is 36.0 Å². The number of anilines is 2. The van der Waals surface area contributed by atoms with Gasteiger partial charge in [0, 0.05) is 43.6 Å². The Labute approximate surface area is 217 Å². The third-order valence-corrected chi connectivity index (χ3v) is 9.37. The number of rotatable bonds is 11. The number of amides is 2. The van der Waals surface area contributed by atoms with E-state index in [4.69, 9.17) is 19.8 Å². The van der Waals surface area contributed by atoms with Crippen LogP contribution in [0, 0.1) is 0 Å². The number of nitrogens with one attached hydrogen (secondary N) is 2. The van der Waals surface area contributed by atoms with Gasteiger partial charge in [-0.25, -0.2) is 23.2 Å². The highest BCUT2D eigenvalue weighted by Gasteiger charge is 2.56. The van der Waals surface area contributed by atoms with Gasteiger partial charge in [0.15, 0.2) is 15.7 Å². The minimum absolute atomic E-state index is 0.00326. The molecule has 37 heavy (non-hydrogen) atoms. The fraction of sp³-hybridized carbons (Fsp3) is 0.560. The largest absolute Gasteiger partial charge is 0.396 e. The smallest absolute Gasteiger partial charge is 0.319 e. The normalized spacial score (nSPS) is 18.9. The molecule has 2 aromatic rings. The lowest BCUT2D eigenvalue weighted by molar-refractivity contribution is 0.0985. The molecular weight excluding hydrogens is 498 g/mol. The fourth-order valence-electron chi connectivity index (χ4n) is 4.46. The summed E-state index contributed by atoms with van der Waals surface area (Å²) in [5.74, 6) is 0.978. The second-order valence-electron chi connectivity index (χ2n) is 9.48. The van der Waals surface area contributed by atoms with Crippen molar-refractivity contribution in [1.82, 2.24) is 15.3 Å². The summed E-state index contributed by atoms with van der Waals surface area (Å²) < 4.78 is 31.0. The predicted octanol–water partition coefficient (Wildman–Crippen LogP) is 1.66. The molecule has 2 amide bonds. The number of urea groups is 1. The van der Waals surface area contributed by atoms with Crippen LogP contribution in [0.3, 0.4) is 0 Å². The van der Waals surface area contributed by atoms with Crippen molar-refractivity contribution in [2.24, 2.45) is 0 Å². The Bertz CT molecular complexity index is 1190. The molecule has 1 aromatic carbocycles. The van der Waals surface area contributed by atoms with Gasteiger partial charge in [-0.1, -0.05) is 0 Å². The SMILES string of the molecule is C[C@H]1COCCN1c1cc(C2(S(=O)(=O)CCCO)CC2)nc(-c2ccc(NC(=O)NCCCO)cc2)n1. The number of carbonyl (C=O) groups excluding carboxylic acids is 1. The van der Waals surface area contributed by atoms with Crippen molar-refractivity contribution < 1.29 is 28.2 Å². The highest BCUT2D eigenvalue weighted by atomic mass is 32.2. The summed E-state index contributed by atoms with van der Waals surface area (Å²) in [5.41, 5.74) is 1.75. The van der Waals surface area contributed by atoms with Crippen molar-refractivity contribution in [3.8, 4) is 11.4 Å². The third kappa shape index (κ3) is 6.20. The molecule has 1 saturated carbocycles. The first kappa shape index (κ1) is 27.2. The Morgan fingerprint density at radius 1 is 1.16 bits per heavy atom. The van der Waals surface area contributed by atoms with Crippen LogP contribution >= 0.6 is 0 Å². The zero-order valence-electron chi connectivity index (χ0n) is 21.0. The lowest BCUT2D eigenvalue weighted by Gasteiger charge is -2.34. The van der Waals surface area contributed by atoms with Crippen LogP contribution in [0.4, 0.5) is 16.3 Å². The maximum absolute atomic E-state index is 13.3. The fourth-order valence-corrected chi connectivity index (χ4v) is 6.51. The van der Waals surface area contributed by atoms with E-state index in [0.29, 0.717) is 74.2 Å². The van der Waals surface area contributed by atoms with Gasteiger partial charge in [0.1, 0.15) is 10.6 Å². The lowest BCUT2D eigenvalue weighted by Crippen LogP contribution is -2.44. The first-order chi connectivity index (χ1) is 17.8. The average molecular weight is 534 g/mol. The molecule has 0 bridgehead atoms. The molecule has 1 aliphatic heterocycles. The number of ether oxygens (including phenoxy) is 1. The quantitative estimate of drug-likeness (QED) is 0.316. The molecule has 1 aromatic heterocycles. The van der Waals surface area contributed by atoms with Gasteiger partial charge in [-0.2, -0.15) is 0 Å². The second kappa shape index (κ2) is 11.7. The molecule has 2 aliphatic rings. The molecule has 0 radical (unpaired) electrons. The lowest BCUT2D eigenvalue weighted by atomic mass is 10.1. The van der Waals surface area contributed by atoms with E-state index in [0.717, 1.165) is 0 Å². The minimum Gasteiger partial charge on any atom is -0.396 e. The molecule has 0 spiro atoms. The molecule has 12 heteroatoms. The first-order valence-electron chi connectivity index (χ1n) is 12.6. The van der Waals surface area contributed by atoms with E-state index in [1.54, 1.807) is 30.3 Å². The minimum atomic E-state index is -3.52. The monoisotopic (exact) mass is 533 g/mol. The van der Waals surface area contributed by atoms with Crippen LogP contribution in [0.5, 0.6) is 0 Å². The van der Waals surface area contributed by atoms with Gasteiger partial charge in [0.05, 0.1) is 30.7 Å². The van der Waals surface area contributed by atoms with Crippen molar-refractivity contribution >= 4 is 27.4 Å². The van der Waals surface area contributed by atoms with Gasteiger partial charge in [-0.3, -0.25) is 0 Å². The summed E-state index contributed by atoms with van der Waals surface area (Å²) >= 11 is 0. The molecule has 2 heterocycles. The second-order valence-corrected chi connectivity index (χ2v) is 11.9. The average Bonchev–Trinajstić information content (AvgIpc) is 3.71. The van der Waals surface area contributed by atoms with E-state index >= 15 is 0 Å². The molecular formula is C25H35N5O6S. The summed E-state index contributed by atoms with van der Waals surface area (Å²) in [6, 6.07) is 8.54. The Morgan fingerprint density at radius 2 is 1.89 bits per heavy atom. The number of aliphatic hydroxyl groups excluding tert-OH is 2. The van der Waals surface area contributed by atoms with Crippen LogP contribution in [0.2, 0.25) is 0 Å². The molecule has 202 valence electrons. The van der Waals surface area contributed by atoms with E-state index in [1.165, 1.54) is 0 Å². The van der Waals surface area contributed by atoms with Crippen LogP contribution in [0.15, 0.2) is 30.3 Å². The predicted molar refractivity (Wildman–Crippen MR) is 140 cm³/mol. The Hall–Kier alpha value is -2.80. The maximum Gasteiger partial charge on any atom is 0.319 e. The van der Waals surface area contributed by atoms with Crippen LogP contribution in [0.25, 0.3) is 11.4 Å². The number of aliphatic hydroxyl groups is 2. The van der Waals surface area contributed by atoms with Gasteiger partial charge >= 0.3 is 6.03 Å². The molecule has 2 fully saturated rings. The van der Waals surface area contributed by atoms with E-state index in [-0.39, 0.29) is 37.5 Å². The standard InChI is InChI=1S/C25H35N5O6S/c1-18-17-36-14-11-30(18)22-16-21(25(8-9-25)37(34,35)15-3-13-32)28-23(29-22)19-4-6-20(7-5-19)27-24(33)26-10-2-12-31/h4-7,16,18,31-32H,2-3,8-15,17H2,1H3,(H2,26,27,33)/t18-/m0/s1. The van der Waals surface area contributed by atoms with E-state index in [2.05, 4.69) is 15.5 Å². The van der Waals surface area contributed by atoms with E-state index < -0.39 is 14.6 Å². The van der Waals surface area contributed by atoms with E-state index in [1.807, 2.05) is 6.92 Å². The number of sulfone groups is 1. The summed E-state index contributed by atoms with van der Waals surface area (Å²) in [7, 11) is -3.52. The summed E-state index contributed by atoms with van der Waals surface area (Å²) in [6.07, 6.45) is 1.64. The van der Waals surface area contributed by atoms with Crippen molar-refractivity contribution in [1.29, 1.82) is 0 Å². The Morgan fingerprint density at radius 3 is 2.54 bits per heavy atom. The molecule has 1 saturated heterocycles.